The van der Waals surface area contributed by atoms with Gasteiger partial charge in [0.05, 0.1) is 17.6 Å². The second-order valence-corrected chi connectivity index (χ2v) is 9.69. The number of pyridine rings is 1. The zero-order valence-electron chi connectivity index (χ0n) is 20.4. The fraction of sp³-hybridized carbons (Fsp3) is 0.520. The lowest BCUT2D eigenvalue weighted by atomic mass is 9.73. The number of aromatic nitrogens is 3. The fourth-order valence-corrected chi connectivity index (χ4v) is 4.51. The van der Waals surface area contributed by atoms with Crippen LogP contribution in [0.3, 0.4) is 0 Å². The van der Waals surface area contributed by atoms with Gasteiger partial charge in [0.15, 0.2) is 0 Å². The molecule has 4 N–H and O–H groups in total. The first kappa shape index (κ1) is 23.2. The number of hydrogen-bond acceptors (Lipinski definition) is 8. The van der Waals surface area contributed by atoms with Crippen LogP contribution in [0.15, 0.2) is 35.2 Å². The van der Waals surface area contributed by atoms with Crippen molar-refractivity contribution in [2.24, 2.45) is 22.1 Å². The summed E-state index contributed by atoms with van der Waals surface area (Å²) in [6, 6.07) is 4.07. The van der Waals surface area contributed by atoms with E-state index in [9.17, 15) is 0 Å². The summed E-state index contributed by atoms with van der Waals surface area (Å²) in [5, 5.41) is 6.65. The molecule has 176 valence electrons. The topological polar surface area (TPSA) is 104 Å². The van der Waals surface area contributed by atoms with Crippen molar-refractivity contribution >= 4 is 28.7 Å². The molecule has 0 unspecified atom stereocenters. The predicted molar refractivity (Wildman–Crippen MR) is 136 cm³/mol. The first-order valence-corrected chi connectivity index (χ1v) is 11.9. The van der Waals surface area contributed by atoms with E-state index in [1.54, 1.807) is 0 Å². The molecule has 1 aliphatic heterocycles. The Kier molecular flexibility index (Phi) is 6.65. The maximum atomic E-state index is 6.73. The van der Waals surface area contributed by atoms with E-state index in [-0.39, 0.29) is 11.3 Å². The van der Waals surface area contributed by atoms with Gasteiger partial charge >= 0.3 is 0 Å². The summed E-state index contributed by atoms with van der Waals surface area (Å²) in [6.45, 7) is 15.4. The molecule has 0 spiro atoms. The van der Waals surface area contributed by atoms with E-state index in [2.05, 4.69) is 66.2 Å². The number of aliphatic imine (C=N–C) groups is 1. The second-order valence-electron chi connectivity index (χ2n) is 9.69. The number of nitrogens with two attached hydrogens (primary N) is 1. The zero-order valence-corrected chi connectivity index (χ0v) is 20.4. The molecule has 1 aliphatic carbocycles. The Labute approximate surface area is 196 Å². The van der Waals surface area contributed by atoms with Crippen LogP contribution in [0.5, 0.6) is 0 Å². The Bertz CT molecular complexity index is 1050. The Balaban J connectivity index is 1.64. The second kappa shape index (κ2) is 9.47. The summed E-state index contributed by atoms with van der Waals surface area (Å²) in [6.07, 6.45) is 4.62. The van der Waals surface area contributed by atoms with Crippen LogP contribution in [0.1, 0.15) is 45.9 Å². The Morgan fingerprint density at radius 1 is 1.21 bits per heavy atom. The lowest BCUT2D eigenvalue weighted by Gasteiger charge is -2.34. The van der Waals surface area contributed by atoms with Crippen LogP contribution in [-0.4, -0.2) is 53.4 Å². The maximum absolute atomic E-state index is 6.73. The summed E-state index contributed by atoms with van der Waals surface area (Å²) in [4.78, 5) is 21.2. The molecule has 0 bridgehead atoms. The number of rotatable bonds is 6. The van der Waals surface area contributed by atoms with Crippen LogP contribution in [0, 0.1) is 11.3 Å². The van der Waals surface area contributed by atoms with Gasteiger partial charge in [-0.3, -0.25) is 4.99 Å². The van der Waals surface area contributed by atoms with Gasteiger partial charge in [-0.2, -0.15) is 0 Å². The molecule has 2 aromatic rings. The third-order valence-electron chi connectivity index (χ3n) is 6.33. The van der Waals surface area contributed by atoms with Crippen LogP contribution >= 0.6 is 0 Å². The van der Waals surface area contributed by atoms with Gasteiger partial charge in [0.25, 0.3) is 0 Å². The number of allylic oxidation sites excluding steroid dienone is 2. The molecule has 33 heavy (non-hydrogen) atoms. The van der Waals surface area contributed by atoms with Gasteiger partial charge in [0.2, 0.25) is 5.95 Å². The minimum atomic E-state index is -0.175. The SMILES string of the molecule is CCN=C(C1=C(N)C(C)(C)Cc2cnc(Nc3ccc(N4CCNCC4)cn3)nc21)C(C)C. The normalized spacial score (nSPS) is 18.5. The first-order chi connectivity index (χ1) is 15.8. The monoisotopic (exact) mass is 448 g/mol. The van der Waals surface area contributed by atoms with Crippen molar-refractivity contribution in [3.63, 3.8) is 0 Å². The summed E-state index contributed by atoms with van der Waals surface area (Å²) in [5.74, 6) is 1.47. The van der Waals surface area contributed by atoms with E-state index in [0.717, 1.165) is 72.3 Å². The van der Waals surface area contributed by atoms with E-state index < -0.39 is 0 Å². The maximum Gasteiger partial charge on any atom is 0.228 e. The fourth-order valence-electron chi connectivity index (χ4n) is 4.51. The summed E-state index contributed by atoms with van der Waals surface area (Å²) < 4.78 is 0. The van der Waals surface area contributed by atoms with Gasteiger partial charge < -0.3 is 21.3 Å². The Hall–Kier alpha value is -3.00. The van der Waals surface area contributed by atoms with E-state index in [1.165, 1.54) is 0 Å². The minimum Gasteiger partial charge on any atom is -0.401 e. The molecule has 8 nitrogen and oxygen atoms in total. The highest BCUT2D eigenvalue weighted by molar-refractivity contribution is 6.25. The lowest BCUT2D eigenvalue weighted by molar-refractivity contribution is 0.432. The van der Waals surface area contributed by atoms with Crippen LogP contribution in [0.4, 0.5) is 17.5 Å². The number of hydrogen-bond donors (Lipinski definition) is 3. The average Bonchev–Trinajstić information content (AvgIpc) is 2.80. The van der Waals surface area contributed by atoms with E-state index in [0.29, 0.717) is 12.5 Å². The van der Waals surface area contributed by atoms with Crippen molar-refractivity contribution in [1.29, 1.82) is 0 Å². The van der Waals surface area contributed by atoms with Gasteiger partial charge in [-0.25, -0.2) is 15.0 Å². The Morgan fingerprint density at radius 3 is 2.61 bits per heavy atom. The predicted octanol–water partition coefficient (Wildman–Crippen LogP) is 3.39. The molecule has 0 saturated carbocycles. The van der Waals surface area contributed by atoms with Crippen LogP contribution in [0.2, 0.25) is 0 Å². The quantitative estimate of drug-likeness (QED) is 0.582. The van der Waals surface area contributed by atoms with Crippen LogP contribution in [-0.2, 0) is 6.42 Å². The molecule has 3 heterocycles. The van der Waals surface area contributed by atoms with Crippen LogP contribution in [0.25, 0.3) is 5.57 Å². The Morgan fingerprint density at radius 2 is 1.97 bits per heavy atom. The van der Waals surface area contributed by atoms with Crippen molar-refractivity contribution in [3.8, 4) is 0 Å². The van der Waals surface area contributed by atoms with Crippen LogP contribution < -0.4 is 21.3 Å². The molecule has 2 aromatic heterocycles. The van der Waals surface area contributed by atoms with E-state index >= 15 is 0 Å². The number of fused-ring (bicyclic) bond motifs is 1. The molecule has 0 radical (unpaired) electrons. The minimum absolute atomic E-state index is 0.175. The summed E-state index contributed by atoms with van der Waals surface area (Å²) >= 11 is 0. The lowest BCUT2D eigenvalue weighted by Crippen LogP contribution is -2.43. The molecular formula is C25H36N8. The third-order valence-corrected chi connectivity index (χ3v) is 6.33. The molecule has 0 aromatic carbocycles. The smallest absolute Gasteiger partial charge is 0.228 e. The molecule has 2 aliphatic rings. The van der Waals surface area contributed by atoms with Crippen molar-refractivity contribution in [1.82, 2.24) is 20.3 Å². The zero-order chi connectivity index (χ0) is 23.6. The highest BCUT2D eigenvalue weighted by Crippen LogP contribution is 2.41. The highest BCUT2D eigenvalue weighted by atomic mass is 15.2. The summed E-state index contributed by atoms with van der Waals surface area (Å²) in [7, 11) is 0. The largest absolute Gasteiger partial charge is 0.401 e. The molecule has 8 heteroatoms. The van der Waals surface area contributed by atoms with Crippen molar-refractivity contribution in [2.45, 2.75) is 41.0 Å². The summed E-state index contributed by atoms with van der Waals surface area (Å²) in [5.41, 5.74) is 12.5. The average molecular weight is 449 g/mol. The van der Waals surface area contributed by atoms with E-state index in [1.807, 2.05) is 18.5 Å². The molecule has 4 rings (SSSR count). The number of piperazine rings is 1. The number of nitrogens with one attached hydrogen (secondary N) is 2. The standard InChI is InChI=1S/C25H36N8/c1-6-28-21(16(2)3)20-22-17(13-25(4,5)23(20)26)14-30-24(32-22)31-19-8-7-18(15-29-19)33-11-9-27-10-12-33/h7-8,14-16,27H,6,9-13,26H2,1-5H3,(H,29,30,31,32). The number of anilines is 3. The van der Waals surface area contributed by atoms with Gasteiger partial charge in [-0.1, -0.05) is 27.7 Å². The van der Waals surface area contributed by atoms with Crippen molar-refractivity contribution in [3.05, 3.63) is 41.5 Å². The molecule has 0 amide bonds. The molecule has 0 atom stereocenters. The molecule has 1 fully saturated rings. The van der Waals surface area contributed by atoms with Gasteiger partial charge in [-0.15, -0.1) is 0 Å². The van der Waals surface area contributed by atoms with E-state index in [4.69, 9.17) is 15.7 Å². The molecular weight excluding hydrogens is 412 g/mol. The van der Waals surface area contributed by atoms with Crippen molar-refractivity contribution in [2.75, 3.05) is 42.9 Å². The van der Waals surface area contributed by atoms with Gasteiger partial charge in [0, 0.05) is 61.3 Å². The first-order valence-electron chi connectivity index (χ1n) is 11.9. The van der Waals surface area contributed by atoms with Gasteiger partial charge in [0.1, 0.15) is 5.82 Å². The third kappa shape index (κ3) is 4.85. The highest BCUT2D eigenvalue weighted by Gasteiger charge is 2.35. The van der Waals surface area contributed by atoms with Crippen molar-refractivity contribution < 1.29 is 0 Å². The van der Waals surface area contributed by atoms with Gasteiger partial charge in [-0.05, 0) is 37.0 Å². The number of nitrogens with zero attached hydrogens (tertiary/aromatic N) is 5. The molecule has 1 saturated heterocycles.